The third kappa shape index (κ3) is 5.46. The molecule has 10 heteroatoms. The number of nitrogens with one attached hydrogen (secondary N) is 1. The number of nitro groups is 1. The molecule has 0 aliphatic carbocycles. The summed E-state index contributed by atoms with van der Waals surface area (Å²) in [7, 11) is 0. The molecular formula is C24H20FN5O3S. The van der Waals surface area contributed by atoms with Gasteiger partial charge in [0.1, 0.15) is 5.82 Å². The average Bonchev–Trinajstić information content (AvgIpc) is 3.22. The number of hydrogen-bond acceptors (Lipinski definition) is 6. The Balaban J connectivity index is 1.58. The number of anilines is 1. The predicted molar refractivity (Wildman–Crippen MR) is 128 cm³/mol. The Kier molecular flexibility index (Phi) is 6.98. The van der Waals surface area contributed by atoms with Gasteiger partial charge in [0, 0.05) is 23.4 Å². The van der Waals surface area contributed by atoms with Gasteiger partial charge in [-0.15, -0.1) is 10.2 Å². The van der Waals surface area contributed by atoms with Gasteiger partial charge < -0.3 is 5.32 Å². The van der Waals surface area contributed by atoms with Gasteiger partial charge in [-0.25, -0.2) is 4.39 Å². The minimum absolute atomic E-state index is 0.107. The molecule has 3 aromatic carbocycles. The Morgan fingerprint density at radius 1 is 1.09 bits per heavy atom. The van der Waals surface area contributed by atoms with E-state index in [1.54, 1.807) is 25.1 Å². The molecule has 4 aromatic rings. The van der Waals surface area contributed by atoms with Crippen LogP contribution in [0.5, 0.6) is 0 Å². The monoisotopic (exact) mass is 477 g/mol. The van der Waals surface area contributed by atoms with Gasteiger partial charge in [-0.3, -0.25) is 19.5 Å². The first-order valence-corrected chi connectivity index (χ1v) is 11.2. The molecule has 0 unspecified atom stereocenters. The molecule has 1 aromatic heterocycles. The van der Waals surface area contributed by atoms with Gasteiger partial charge in [-0.2, -0.15) is 0 Å². The largest absolute Gasteiger partial charge is 0.325 e. The van der Waals surface area contributed by atoms with Crippen LogP contribution in [0.15, 0.2) is 84.0 Å². The summed E-state index contributed by atoms with van der Waals surface area (Å²) < 4.78 is 15.3. The Morgan fingerprint density at radius 2 is 1.82 bits per heavy atom. The number of nitrogens with zero attached hydrogens (tertiary/aromatic N) is 4. The molecule has 0 spiro atoms. The highest BCUT2D eigenvalue weighted by Crippen LogP contribution is 2.29. The number of hydrogen-bond donors (Lipinski definition) is 1. The van der Waals surface area contributed by atoms with Crippen LogP contribution < -0.4 is 5.32 Å². The summed E-state index contributed by atoms with van der Waals surface area (Å²) in [5, 5.41) is 22.2. The Hall–Kier alpha value is -4.05. The highest BCUT2D eigenvalue weighted by atomic mass is 32.2. The van der Waals surface area contributed by atoms with Crippen LogP contribution in [0.25, 0.3) is 11.4 Å². The molecule has 8 nitrogen and oxygen atoms in total. The number of rotatable bonds is 8. The van der Waals surface area contributed by atoms with Crippen molar-refractivity contribution >= 4 is 29.0 Å². The lowest BCUT2D eigenvalue weighted by molar-refractivity contribution is -0.384. The number of thioether (sulfide) groups is 1. The molecule has 4 rings (SSSR count). The Bertz CT molecular complexity index is 1310. The van der Waals surface area contributed by atoms with E-state index in [4.69, 9.17) is 0 Å². The molecule has 0 bridgehead atoms. The van der Waals surface area contributed by atoms with E-state index < -0.39 is 10.2 Å². The second kappa shape index (κ2) is 10.3. The van der Waals surface area contributed by atoms with Crippen LogP contribution in [0.1, 0.15) is 12.5 Å². The molecule has 0 aliphatic rings. The fourth-order valence-electron chi connectivity index (χ4n) is 3.25. The van der Waals surface area contributed by atoms with Gasteiger partial charge in [0.15, 0.2) is 11.0 Å². The quantitative estimate of drug-likeness (QED) is 0.214. The summed E-state index contributed by atoms with van der Waals surface area (Å²) in [5.41, 5.74) is 1.95. The fourth-order valence-corrected chi connectivity index (χ4v) is 4.10. The van der Waals surface area contributed by atoms with Crippen molar-refractivity contribution < 1.29 is 14.1 Å². The Labute approximate surface area is 199 Å². The lowest BCUT2D eigenvalue weighted by Gasteiger charge is -2.14. The van der Waals surface area contributed by atoms with Crippen molar-refractivity contribution in [2.24, 2.45) is 0 Å². The van der Waals surface area contributed by atoms with Crippen molar-refractivity contribution in [1.82, 2.24) is 14.8 Å². The Morgan fingerprint density at radius 3 is 2.53 bits per heavy atom. The molecule has 34 heavy (non-hydrogen) atoms. The van der Waals surface area contributed by atoms with Gasteiger partial charge in [-0.1, -0.05) is 48.2 Å². The number of nitro benzene ring substituents is 1. The third-order valence-electron chi connectivity index (χ3n) is 4.98. The maximum absolute atomic E-state index is 13.4. The number of benzene rings is 3. The number of carbonyl (C=O) groups excluding carboxylic acids is 1. The molecule has 172 valence electrons. The van der Waals surface area contributed by atoms with Crippen LogP contribution in [0.4, 0.5) is 15.8 Å². The molecule has 0 saturated heterocycles. The van der Waals surface area contributed by atoms with E-state index >= 15 is 0 Å². The van der Waals surface area contributed by atoms with E-state index in [1.807, 2.05) is 34.9 Å². The maximum Gasteiger partial charge on any atom is 0.271 e. The smallest absolute Gasteiger partial charge is 0.271 e. The molecule has 0 radical (unpaired) electrons. The zero-order chi connectivity index (χ0) is 24.1. The zero-order valence-corrected chi connectivity index (χ0v) is 18.9. The van der Waals surface area contributed by atoms with Crippen LogP contribution in [0, 0.1) is 15.9 Å². The first-order valence-electron chi connectivity index (χ1n) is 10.4. The van der Waals surface area contributed by atoms with Crippen LogP contribution in [0.2, 0.25) is 0 Å². The SMILES string of the molecule is C[C@H](Sc1nnc(-c2ccc(F)cc2)n1Cc1ccccc1)C(=O)Nc1cccc([N+](=O)[O-])c1. The molecule has 0 fully saturated rings. The van der Waals surface area contributed by atoms with Crippen LogP contribution >= 0.6 is 11.8 Å². The van der Waals surface area contributed by atoms with Gasteiger partial charge in [-0.05, 0) is 42.8 Å². The van der Waals surface area contributed by atoms with Crippen molar-refractivity contribution in [2.75, 3.05) is 5.32 Å². The fraction of sp³-hybridized carbons (Fsp3) is 0.125. The second-order valence-corrected chi connectivity index (χ2v) is 8.75. The van der Waals surface area contributed by atoms with Crippen molar-refractivity contribution in [2.45, 2.75) is 23.9 Å². The molecule has 0 aliphatic heterocycles. The first kappa shape index (κ1) is 23.1. The number of halogens is 1. The summed E-state index contributed by atoms with van der Waals surface area (Å²) in [5.74, 6) is -0.125. The van der Waals surface area contributed by atoms with E-state index in [-0.39, 0.29) is 17.4 Å². The number of aromatic nitrogens is 3. The summed E-state index contributed by atoms with van der Waals surface area (Å²) in [4.78, 5) is 23.3. The molecule has 1 N–H and O–H groups in total. The number of amides is 1. The van der Waals surface area contributed by atoms with Gasteiger partial charge >= 0.3 is 0 Å². The molecule has 0 saturated carbocycles. The van der Waals surface area contributed by atoms with Crippen molar-refractivity contribution in [3.8, 4) is 11.4 Å². The lowest BCUT2D eigenvalue weighted by Crippen LogP contribution is -2.23. The summed E-state index contributed by atoms with van der Waals surface area (Å²) in [6.45, 7) is 2.18. The van der Waals surface area contributed by atoms with Crippen LogP contribution in [-0.2, 0) is 11.3 Å². The maximum atomic E-state index is 13.4. The van der Waals surface area contributed by atoms with Crippen LogP contribution in [0.3, 0.4) is 0 Å². The van der Waals surface area contributed by atoms with Gasteiger partial charge in [0.2, 0.25) is 5.91 Å². The summed E-state index contributed by atoms with van der Waals surface area (Å²) in [6.07, 6.45) is 0. The van der Waals surface area contributed by atoms with E-state index in [0.29, 0.717) is 28.8 Å². The lowest BCUT2D eigenvalue weighted by atomic mass is 10.2. The minimum Gasteiger partial charge on any atom is -0.325 e. The topological polar surface area (TPSA) is 103 Å². The predicted octanol–water partition coefficient (Wildman–Crippen LogP) is 5.16. The molecule has 1 heterocycles. The van der Waals surface area contributed by atoms with E-state index in [9.17, 15) is 19.3 Å². The van der Waals surface area contributed by atoms with E-state index in [1.165, 1.54) is 42.1 Å². The normalized spacial score (nSPS) is 11.7. The number of non-ortho nitro benzene ring substituents is 1. The van der Waals surface area contributed by atoms with E-state index in [2.05, 4.69) is 15.5 Å². The third-order valence-corrected chi connectivity index (χ3v) is 6.06. The second-order valence-electron chi connectivity index (χ2n) is 7.44. The minimum atomic E-state index is -0.570. The standard InChI is InChI=1S/C24H20FN5O3S/c1-16(23(31)26-20-8-5-9-21(14-20)30(32)33)34-24-28-27-22(18-10-12-19(25)13-11-18)29(24)15-17-6-3-2-4-7-17/h2-14,16H,15H2,1H3,(H,26,31)/t16-/m0/s1. The molecule has 1 atom stereocenters. The summed E-state index contributed by atoms with van der Waals surface area (Å²) >= 11 is 1.22. The summed E-state index contributed by atoms with van der Waals surface area (Å²) in [6, 6.07) is 21.5. The van der Waals surface area contributed by atoms with Crippen molar-refractivity contribution in [3.05, 3.63) is 100 Å². The van der Waals surface area contributed by atoms with Crippen LogP contribution in [-0.4, -0.2) is 30.8 Å². The molecular weight excluding hydrogens is 457 g/mol. The van der Waals surface area contributed by atoms with Crippen molar-refractivity contribution in [3.63, 3.8) is 0 Å². The number of carbonyl (C=O) groups is 1. The molecule has 1 amide bonds. The van der Waals surface area contributed by atoms with Gasteiger partial charge in [0.25, 0.3) is 5.69 Å². The van der Waals surface area contributed by atoms with Crippen molar-refractivity contribution in [1.29, 1.82) is 0 Å². The first-order chi connectivity index (χ1) is 16.4. The zero-order valence-electron chi connectivity index (χ0n) is 18.1. The average molecular weight is 478 g/mol. The highest BCUT2D eigenvalue weighted by molar-refractivity contribution is 8.00. The van der Waals surface area contributed by atoms with E-state index in [0.717, 1.165) is 5.56 Å². The highest BCUT2D eigenvalue weighted by Gasteiger charge is 2.22. The van der Waals surface area contributed by atoms with Gasteiger partial charge in [0.05, 0.1) is 16.7 Å².